The van der Waals surface area contributed by atoms with E-state index >= 15 is 0 Å². The average Bonchev–Trinajstić information content (AvgIpc) is 3.18. The van der Waals surface area contributed by atoms with Crippen LogP contribution in [-0.4, -0.2) is 49.1 Å². The first-order valence-corrected chi connectivity index (χ1v) is 7.48. The van der Waals surface area contributed by atoms with Crippen molar-refractivity contribution >= 4 is 0 Å². The molecule has 0 spiro atoms. The predicted octanol–water partition coefficient (Wildman–Crippen LogP) is 1.03. The van der Waals surface area contributed by atoms with Crippen LogP contribution in [0.2, 0.25) is 0 Å². The van der Waals surface area contributed by atoms with Crippen molar-refractivity contribution in [2.24, 2.45) is 0 Å². The number of β-amino-alcohol motifs (C(OH)–C–C–N with tert-alkyl or cyclic N) is 1. The number of likely N-dealkylation sites (tertiary alicyclic amines) is 1. The minimum Gasteiger partial charge on any atom is -0.390 e. The van der Waals surface area contributed by atoms with Crippen LogP contribution in [0.3, 0.4) is 0 Å². The van der Waals surface area contributed by atoms with Crippen molar-refractivity contribution in [2.45, 2.75) is 44.9 Å². The van der Waals surface area contributed by atoms with Crippen LogP contribution in [0.1, 0.15) is 37.5 Å². The molecule has 0 unspecified atom stereocenters. The second-order valence-electron chi connectivity index (χ2n) is 5.43. The minimum atomic E-state index is -0.456. The Kier molecular flexibility index (Phi) is 4.31. The molecule has 2 aromatic rings. The molecule has 0 amide bonds. The van der Waals surface area contributed by atoms with E-state index in [1.165, 1.54) is 0 Å². The lowest BCUT2D eigenvalue weighted by atomic mass is 10.2. The zero-order valence-electron chi connectivity index (χ0n) is 12.2. The van der Waals surface area contributed by atoms with Gasteiger partial charge in [0.05, 0.1) is 18.7 Å². The van der Waals surface area contributed by atoms with E-state index in [1.54, 1.807) is 10.9 Å². The summed E-state index contributed by atoms with van der Waals surface area (Å²) in [6.07, 6.45) is 5.98. The summed E-state index contributed by atoms with van der Waals surface area (Å²) in [6.45, 7) is 4.05. The van der Waals surface area contributed by atoms with Gasteiger partial charge < -0.3 is 9.63 Å². The molecule has 3 rings (SSSR count). The van der Waals surface area contributed by atoms with E-state index in [0.29, 0.717) is 19.0 Å². The topological polar surface area (TPSA) is 80.2 Å². The molecule has 1 fully saturated rings. The highest BCUT2D eigenvalue weighted by molar-refractivity contribution is 4.98. The SMILES string of the molecule is CCc1nc([C@H]2CCCN2C[C@@H](O)Cn2cccn2)no1. The van der Waals surface area contributed by atoms with E-state index < -0.39 is 6.10 Å². The summed E-state index contributed by atoms with van der Waals surface area (Å²) in [7, 11) is 0. The Morgan fingerprint density at radius 3 is 3.10 bits per heavy atom. The molecule has 0 aliphatic carbocycles. The Labute approximate surface area is 123 Å². The minimum absolute atomic E-state index is 0.154. The molecule has 114 valence electrons. The second-order valence-corrected chi connectivity index (χ2v) is 5.43. The van der Waals surface area contributed by atoms with E-state index in [1.807, 2.05) is 19.2 Å². The van der Waals surface area contributed by atoms with Crippen LogP contribution in [0.5, 0.6) is 0 Å². The maximum atomic E-state index is 10.2. The van der Waals surface area contributed by atoms with Gasteiger partial charge in [-0.3, -0.25) is 9.58 Å². The van der Waals surface area contributed by atoms with E-state index in [0.717, 1.165) is 31.6 Å². The molecule has 0 aromatic carbocycles. The number of hydrogen-bond acceptors (Lipinski definition) is 6. The number of rotatable bonds is 6. The van der Waals surface area contributed by atoms with Gasteiger partial charge in [0.15, 0.2) is 5.82 Å². The maximum Gasteiger partial charge on any atom is 0.226 e. The van der Waals surface area contributed by atoms with E-state index in [4.69, 9.17) is 4.52 Å². The monoisotopic (exact) mass is 291 g/mol. The summed E-state index contributed by atoms with van der Waals surface area (Å²) in [6, 6.07) is 2.01. The average molecular weight is 291 g/mol. The number of aromatic nitrogens is 4. The lowest BCUT2D eigenvalue weighted by Crippen LogP contribution is -2.34. The normalized spacial score (nSPS) is 21.0. The molecule has 1 aliphatic rings. The Hall–Kier alpha value is -1.73. The van der Waals surface area contributed by atoms with Gasteiger partial charge in [-0.05, 0) is 25.5 Å². The van der Waals surface area contributed by atoms with E-state index in [-0.39, 0.29) is 6.04 Å². The van der Waals surface area contributed by atoms with Gasteiger partial charge in [-0.2, -0.15) is 10.1 Å². The fourth-order valence-corrected chi connectivity index (χ4v) is 2.84. The van der Waals surface area contributed by atoms with Crippen molar-refractivity contribution in [1.82, 2.24) is 24.8 Å². The molecule has 2 aromatic heterocycles. The standard InChI is InChI=1S/C14H21N5O2/c1-2-13-16-14(17-21-13)12-5-3-7-18(12)9-11(20)10-19-8-4-6-15-19/h4,6,8,11-12,20H,2-3,5,7,9-10H2,1H3/t11-,12-/m1/s1. The van der Waals surface area contributed by atoms with E-state index in [2.05, 4.69) is 20.1 Å². The Bertz CT molecular complexity index is 553. The van der Waals surface area contributed by atoms with Crippen LogP contribution in [0.4, 0.5) is 0 Å². The van der Waals surface area contributed by atoms with Crippen LogP contribution in [0.25, 0.3) is 0 Å². The number of aliphatic hydroxyl groups is 1. The zero-order valence-corrected chi connectivity index (χ0v) is 12.2. The predicted molar refractivity (Wildman–Crippen MR) is 75.5 cm³/mol. The van der Waals surface area contributed by atoms with E-state index in [9.17, 15) is 5.11 Å². The molecule has 0 bridgehead atoms. The molecule has 3 heterocycles. The first-order valence-electron chi connectivity index (χ1n) is 7.48. The molecule has 0 saturated carbocycles. The smallest absolute Gasteiger partial charge is 0.226 e. The third-order valence-corrected chi connectivity index (χ3v) is 3.85. The maximum absolute atomic E-state index is 10.2. The summed E-state index contributed by atoms with van der Waals surface area (Å²) in [5.74, 6) is 1.42. The summed E-state index contributed by atoms with van der Waals surface area (Å²) in [5, 5.41) is 18.4. The molecule has 1 saturated heterocycles. The summed E-state index contributed by atoms with van der Waals surface area (Å²) >= 11 is 0. The van der Waals surface area contributed by atoms with Crippen molar-refractivity contribution in [3.05, 3.63) is 30.2 Å². The third kappa shape index (κ3) is 3.30. The fraction of sp³-hybridized carbons (Fsp3) is 0.643. The van der Waals surface area contributed by atoms with Crippen LogP contribution in [0.15, 0.2) is 23.0 Å². The second kappa shape index (κ2) is 6.36. The number of hydrogen-bond donors (Lipinski definition) is 1. The molecular weight excluding hydrogens is 270 g/mol. The van der Waals surface area contributed by atoms with Crippen molar-refractivity contribution in [3.63, 3.8) is 0 Å². The van der Waals surface area contributed by atoms with Crippen molar-refractivity contribution in [3.8, 4) is 0 Å². The summed E-state index contributed by atoms with van der Waals surface area (Å²) < 4.78 is 6.95. The first-order chi connectivity index (χ1) is 10.3. The van der Waals surface area contributed by atoms with Gasteiger partial charge >= 0.3 is 0 Å². The molecule has 2 atom stereocenters. The van der Waals surface area contributed by atoms with Gasteiger partial charge in [0.25, 0.3) is 0 Å². The summed E-state index contributed by atoms with van der Waals surface area (Å²) in [5.41, 5.74) is 0. The molecule has 1 aliphatic heterocycles. The number of aliphatic hydroxyl groups excluding tert-OH is 1. The zero-order chi connectivity index (χ0) is 14.7. The largest absolute Gasteiger partial charge is 0.390 e. The highest BCUT2D eigenvalue weighted by atomic mass is 16.5. The van der Waals surface area contributed by atoms with Gasteiger partial charge in [0.2, 0.25) is 5.89 Å². The van der Waals surface area contributed by atoms with Gasteiger partial charge in [0, 0.05) is 25.4 Å². The van der Waals surface area contributed by atoms with Crippen molar-refractivity contribution in [2.75, 3.05) is 13.1 Å². The van der Waals surface area contributed by atoms with Crippen molar-refractivity contribution in [1.29, 1.82) is 0 Å². The van der Waals surface area contributed by atoms with Crippen LogP contribution in [0, 0.1) is 0 Å². The third-order valence-electron chi connectivity index (χ3n) is 3.85. The van der Waals surface area contributed by atoms with Crippen LogP contribution in [-0.2, 0) is 13.0 Å². The quantitative estimate of drug-likeness (QED) is 0.856. The molecule has 21 heavy (non-hydrogen) atoms. The molecular formula is C14H21N5O2. The van der Waals surface area contributed by atoms with Gasteiger partial charge in [-0.25, -0.2) is 0 Å². The lowest BCUT2D eigenvalue weighted by Gasteiger charge is -2.24. The molecule has 7 nitrogen and oxygen atoms in total. The Morgan fingerprint density at radius 1 is 1.48 bits per heavy atom. The highest BCUT2D eigenvalue weighted by Gasteiger charge is 2.31. The summed E-state index contributed by atoms with van der Waals surface area (Å²) in [4.78, 5) is 6.66. The van der Waals surface area contributed by atoms with Gasteiger partial charge in [0.1, 0.15) is 0 Å². The lowest BCUT2D eigenvalue weighted by molar-refractivity contribution is 0.0869. The number of nitrogens with zero attached hydrogens (tertiary/aromatic N) is 5. The Morgan fingerprint density at radius 2 is 2.38 bits per heavy atom. The molecule has 1 N–H and O–H groups in total. The first kappa shape index (κ1) is 14.2. The molecule has 7 heteroatoms. The van der Waals surface area contributed by atoms with Crippen molar-refractivity contribution < 1.29 is 9.63 Å². The highest BCUT2D eigenvalue weighted by Crippen LogP contribution is 2.30. The van der Waals surface area contributed by atoms with Crippen LogP contribution >= 0.6 is 0 Å². The Balaban J connectivity index is 1.61. The van der Waals surface area contributed by atoms with Gasteiger partial charge in [-0.15, -0.1) is 0 Å². The molecule has 0 radical (unpaired) electrons. The van der Waals surface area contributed by atoms with Gasteiger partial charge in [-0.1, -0.05) is 12.1 Å². The van der Waals surface area contributed by atoms with Crippen LogP contribution < -0.4 is 0 Å². The number of aryl methyl sites for hydroxylation is 1. The fourth-order valence-electron chi connectivity index (χ4n) is 2.84.